The van der Waals surface area contributed by atoms with Crippen LogP contribution < -0.4 is 9.47 Å². The third kappa shape index (κ3) is 6.67. The average molecular weight is 481 g/mol. The maximum Gasteiger partial charge on any atom is 0.147 e. The van der Waals surface area contributed by atoms with Gasteiger partial charge in [0.15, 0.2) is 0 Å². The van der Waals surface area contributed by atoms with E-state index < -0.39 is 0 Å². The molecular weight excluding hydrogens is 444 g/mol. The molecule has 4 nitrogen and oxygen atoms in total. The highest BCUT2D eigenvalue weighted by Gasteiger charge is 2.28. The molecule has 0 saturated carbocycles. The van der Waals surface area contributed by atoms with Crippen LogP contribution in [0.3, 0.4) is 0 Å². The Labute approximate surface area is 216 Å². The first-order valence-electron chi connectivity index (χ1n) is 13.2. The molecule has 0 aromatic heterocycles. The van der Waals surface area contributed by atoms with Gasteiger partial charge < -0.3 is 9.47 Å². The van der Waals surface area contributed by atoms with Crippen molar-refractivity contribution in [2.24, 2.45) is 0 Å². The molecule has 0 N–H and O–H groups in total. The van der Waals surface area contributed by atoms with Crippen LogP contribution in [0.15, 0.2) is 60.7 Å². The molecule has 36 heavy (non-hydrogen) atoms. The molecule has 0 heterocycles. The van der Waals surface area contributed by atoms with Crippen molar-refractivity contribution in [2.75, 3.05) is 13.2 Å². The van der Waals surface area contributed by atoms with E-state index in [-0.39, 0.29) is 0 Å². The number of hydrogen-bond acceptors (Lipinski definition) is 4. The van der Waals surface area contributed by atoms with Crippen molar-refractivity contribution in [3.63, 3.8) is 0 Å². The lowest BCUT2D eigenvalue weighted by Gasteiger charge is -2.22. The standard InChI is InChI=1S/C32H36N2O2/c1-3-5-7-15-21-35-31-27(23-33)30(26-19-13-10-14-20-26)32(36-22-16-8-6-4-2)28(24-34)29(31)25-17-11-9-12-18-25/h9-14,17-20H,3-8,15-16,21-22H2,1-2H3. The molecule has 0 aliphatic carbocycles. The van der Waals surface area contributed by atoms with Gasteiger partial charge in [0.25, 0.3) is 0 Å². The largest absolute Gasteiger partial charge is 0.491 e. The van der Waals surface area contributed by atoms with Crippen molar-refractivity contribution in [2.45, 2.75) is 65.2 Å². The molecular formula is C32H36N2O2. The molecule has 0 atom stereocenters. The second kappa shape index (κ2) is 14.6. The molecule has 0 radical (unpaired) electrons. The minimum absolute atomic E-state index is 0.415. The number of nitriles is 2. The van der Waals surface area contributed by atoms with Crippen LogP contribution in [0.25, 0.3) is 22.3 Å². The summed E-state index contributed by atoms with van der Waals surface area (Å²) in [5.74, 6) is 0.933. The van der Waals surface area contributed by atoms with Gasteiger partial charge in [-0.15, -0.1) is 0 Å². The van der Waals surface area contributed by atoms with E-state index in [1.807, 2.05) is 60.7 Å². The number of hydrogen-bond donors (Lipinski definition) is 0. The van der Waals surface area contributed by atoms with Crippen LogP contribution >= 0.6 is 0 Å². The fourth-order valence-electron chi connectivity index (χ4n) is 4.37. The predicted octanol–water partition coefficient (Wildman–Crippen LogP) is 8.68. The lowest BCUT2D eigenvalue weighted by atomic mass is 9.88. The number of nitrogens with zero attached hydrogens (tertiary/aromatic N) is 2. The fraction of sp³-hybridized carbons (Fsp3) is 0.375. The normalized spacial score (nSPS) is 10.4. The van der Waals surface area contributed by atoms with Crippen molar-refractivity contribution in [1.29, 1.82) is 10.5 Å². The zero-order chi connectivity index (χ0) is 25.6. The third-order valence-corrected chi connectivity index (χ3v) is 6.25. The van der Waals surface area contributed by atoms with Crippen LogP contribution in [0, 0.1) is 22.7 Å². The fourth-order valence-corrected chi connectivity index (χ4v) is 4.37. The molecule has 4 heteroatoms. The van der Waals surface area contributed by atoms with Gasteiger partial charge in [-0.25, -0.2) is 0 Å². The van der Waals surface area contributed by atoms with Gasteiger partial charge in [0.2, 0.25) is 0 Å². The molecule has 186 valence electrons. The maximum atomic E-state index is 10.4. The quantitative estimate of drug-likeness (QED) is 0.216. The number of benzene rings is 3. The van der Waals surface area contributed by atoms with Crippen molar-refractivity contribution < 1.29 is 9.47 Å². The Morgan fingerprint density at radius 2 is 0.944 bits per heavy atom. The molecule has 0 aliphatic rings. The van der Waals surface area contributed by atoms with Gasteiger partial charge >= 0.3 is 0 Å². The summed E-state index contributed by atoms with van der Waals surface area (Å²) < 4.78 is 12.7. The first-order chi connectivity index (χ1) is 17.8. The van der Waals surface area contributed by atoms with E-state index in [0.29, 0.717) is 47.0 Å². The molecule has 3 aromatic carbocycles. The third-order valence-electron chi connectivity index (χ3n) is 6.25. The van der Waals surface area contributed by atoms with E-state index >= 15 is 0 Å². The van der Waals surface area contributed by atoms with Gasteiger partial charge in [-0.05, 0) is 24.0 Å². The van der Waals surface area contributed by atoms with Gasteiger partial charge in [-0.1, -0.05) is 113 Å². The Balaban J connectivity index is 2.22. The van der Waals surface area contributed by atoms with E-state index in [1.165, 1.54) is 0 Å². The Morgan fingerprint density at radius 3 is 1.28 bits per heavy atom. The van der Waals surface area contributed by atoms with Crippen LogP contribution in [0.1, 0.15) is 76.3 Å². The highest BCUT2D eigenvalue weighted by Crippen LogP contribution is 2.48. The number of rotatable bonds is 14. The summed E-state index contributed by atoms with van der Waals surface area (Å²) in [6.45, 7) is 5.33. The summed E-state index contributed by atoms with van der Waals surface area (Å²) in [6, 6.07) is 24.3. The van der Waals surface area contributed by atoms with E-state index in [4.69, 9.17) is 9.47 Å². The summed E-state index contributed by atoms with van der Waals surface area (Å²) >= 11 is 0. The van der Waals surface area contributed by atoms with Gasteiger partial charge in [0, 0.05) is 11.1 Å². The van der Waals surface area contributed by atoms with Crippen LogP contribution in [0.4, 0.5) is 0 Å². The monoisotopic (exact) mass is 480 g/mol. The Morgan fingerprint density at radius 1 is 0.556 bits per heavy atom. The molecule has 0 spiro atoms. The summed E-state index contributed by atoms with van der Waals surface area (Å²) in [4.78, 5) is 0. The van der Waals surface area contributed by atoms with Crippen molar-refractivity contribution in [3.05, 3.63) is 71.8 Å². The first kappa shape index (κ1) is 26.8. The topological polar surface area (TPSA) is 66.0 Å². The number of unbranched alkanes of at least 4 members (excludes halogenated alkanes) is 6. The second-order valence-electron chi connectivity index (χ2n) is 8.93. The minimum atomic E-state index is 0.415. The lowest BCUT2D eigenvalue weighted by molar-refractivity contribution is 0.297. The highest BCUT2D eigenvalue weighted by molar-refractivity contribution is 5.92. The first-order valence-corrected chi connectivity index (χ1v) is 13.2. The maximum absolute atomic E-state index is 10.4. The van der Waals surface area contributed by atoms with Gasteiger partial charge in [0.1, 0.15) is 34.8 Å². The van der Waals surface area contributed by atoms with E-state index in [1.54, 1.807) is 0 Å². The van der Waals surface area contributed by atoms with Gasteiger partial charge in [0.05, 0.1) is 13.2 Å². The smallest absolute Gasteiger partial charge is 0.147 e. The Kier molecular flexibility index (Phi) is 10.9. The molecule has 0 aliphatic heterocycles. The van der Waals surface area contributed by atoms with Crippen molar-refractivity contribution in [3.8, 4) is 45.9 Å². The summed E-state index contributed by atoms with van der Waals surface area (Å²) in [5, 5.41) is 20.9. The summed E-state index contributed by atoms with van der Waals surface area (Å²) in [7, 11) is 0. The molecule has 3 aromatic rings. The van der Waals surface area contributed by atoms with Crippen molar-refractivity contribution >= 4 is 0 Å². The van der Waals surface area contributed by atoms with E-state index in [2.05, 4.69) is 26.0 Å². The van der Waals surface area contributed by atoms with Crippen LogP contribution in [0.5, 0.6) is 11.5 Å². The lowest BCUT2D eigenvalue weighted by Crippen LogP contribution is -2.08. The van der Waals surface area contributed by atoms with Gasteiger partial charge in [-0.2, -0.15) is 10.5 Å². The predicted molar refractivity (Wildman–Crippen MR) is 146 cm³/mol. The second-order valence-corrected chi connectivity index (χ2v) is 8.93. The minimum Gasteiger partial charge on any atom is -0.491 e. The average Bonchev–Trinajstić information content (AvgIpc) is 2.93. The van der Waals surface area contributed by atoms with E-state index in [0.717, 1.165) is 62.5 Å². The Bertz CT molecular complexity index is 1080. The molecule has 0 amide bonds. The highest BCUT2D eigenvalue weighted by atomic mass is 16.5. The Hall–Kier alpha value is -3.76. The van der Waals surface area contributed by atoms with E-state index in [9.17, 15) is 10.5 Å². The molecule has 3 rings (SSSR count). The zero-order valence-electron chi connectivity index (χ0n) is 21.6. The summed E-state index contributed by atoms with van der Waals surface area (Å²) in [5.41, 5.74) is 3.77. The molecule has 0 bridgehead atoms. The van der Waals surface area contributed by atoms with Crippen LogP contribution in [-0.4, -0.2) is 13.2 Å². The summed E-state index contributed by atoms with van der Waals surface area (Å²) in [6.07, 6.45) is 8.48. The van der Waals surface area contributed by atoms with Crippen LogP contribution in [0.2, 0.25) is 0 Å². The van der Waals surface area contributed by atoms with Crippen LogP contribution in [-0.2, 0) is 0 Å². The number of ether oxygens (including phenoxy) is 2. The zero-order valence-corrected chi connectivity index (χ0v) is 21.6. The SMILES string of the molecule is CCCCCCOc1c(C#N)c(-c2ccccc2)c(OCCCCCC)c(C#N)c1-c1ccccc1. The molecule has 0 unspecified atom stereocenters. The van der Waals surface area contributed by atoms with Gasteiger partial charge in [-0.3, -0.25) is 0 Å². The molecule has 0 fully saturated rings. The van der Waals surface area contributed by atoms with Crippen molar-refractivity contribution in [1.82, 2.24) is 0 Å². The molecule has 0 saturated heterocycles.